The van der Waals surface area contributed by atoms with Gasteiger partial charge in [0, 0.05) is 18.7 Å². The minimum Gasteiger partial charge on any atom is -0.326 e. The number of hydrogen-bond donors (Lipinski definition) is 1. The molecule has 2 rings (SSSR count). The van der Waals surface area contributed by atoms with Crippen LogP contribution in [0.3, 0.4) is 0 Å². The first-order chi connectivity index (χ1) is 7.75. The molecule has 1 saturated heterocycles. The van der Waals surface area contributed by atoms with Gasteiger partial charge >= 0.3 is 0 Å². The number of rotatable bonds is 2. The number of amides is 1. The van der Waals surface area contributed by atoms with Gasteiger partial charge in [-0.1, -0.05) is 18.2 Å². The molecular formula is C13H16N2O. The summed E-state index contributed by atoms with van der Waals surface area (Å²) in [6, 6.07) is 9.56. The zero-order valence-electron chi connectivity index (χ0n) is 9.23. The van der Waals surface area contributed by atoms with E-state index in [2.05, 4.69) is 5.32 Å². The maximum absolute atomic E-state index is 11.9. The first-order valence-corrected chi connectivity index (χ1v) is 5.61. The van der Waals surface area contributed by atoms with Crippen molar-refractivity contribution in [2.45, 2.75) is 12.8 Å². The van der Waals surface area contributed by atoms with Crippen LogP contribution in [0.5, 0.6) is 0 Å². The number of anilines is 1. The van der Waals surface area contributed by atoms with Gasteiger partial charge in [-0.3, -0.25) is 9.69 Å². The largest absolute Gasteiger partial charge is 0.326 e. The predicted molar refractivity (Wildman–Crippen MR) is 63.7 cm³/mol. The molecule has 84 valence electrons. The number of nitrogens with one attached hydrogen (secondary N) is 1. The normalized spacial score (nSPS) is 18.3. The Kier molecular flexibility index (Phi) is 3.57. The molecule has 0 aromatic heterocycles. The highest BCUT2D eigenvalue weighted by Crippen LogP contribution is 2.18. The van der Waals surface area contributed by atoms with Crippen molar-refractivity contribution >= 4 is 11.6 Å². The first-order valence-electron chi connectivity index (χ1n) is 5.61. The number of hydrogen-bond acceptors (Lipinski definition) is 2. The van der Waals surface area contributed by atoms with Gasteiger partial charge in [0.1, 0.15) is 0 Å². The highest BCUT2D eigenvalue weighted by Gasteiger charge is 2.23. The van der Waals surface area contributed by atoms with Crippen molar-refractivity contribution in [2.75, 3.05) is 18.4 Å². The zero-order chi connectivity index (χ0) is 11.4. The lowest BCUT2D eigenvalue weighted by Gasteiger charge is -2.27. The van der Waals surface area contributed by atoms with Crippen LogP contribution >= 0.6 is 0 Å². The van der Waals surface area contributed by atoms with E-state index < -0.39 is 0 Å². The average Bonchev–Trinajstić information content (AvgIpc) is 2.31. The molecule has 0 aliphatic carbocycles. The standard InChI is InChI=1S/C13H16N2O/c1-15-9-7-11(8-10-15)13(16)14-12-5-3-2-4-6-12/h1-6,11H,7-10H2,(H,14,16). The summed E-state index contributed by atoms with van der Waals surface area (Å²) in [6.45, 7) is 1.60. The molecule has 3 heteroatoms. The van der Waals surface area contributed by atoms with E-state index >= 15 is 0 Å². The van der Waals surface area contributed by atoms with Crippen LogP contribution in [0, 0.1) is 13.0 Å². The van der Waals surface area contributed by atoms with Crippen LogP contribution in [-0.2, 0) is 4.79 Å². The summed E-state index contributed by atoms with van der Waals surface area (Å²) in [7, 11) is 5.65. The smallest absolute Gasteiger partial charge is 0.227 e. The van der Waals surface area contributed by atoms with Crippen LogP contribution in [0.2, 0.25) is 0 Å². The van der Waals surface area contributed by atoms with Gasteiger partial charge in [0.25, 0.3) is 0 Å². The lowest BCUT2D eigenvalue weighted by molar-refractivity contribution is -0.121. The third-order valence-corrected chi connectivity index (χ3v) is 2.94. The van der Waals surface area contributed by atoms with Crippen LogP contribution in [0.1, 0.15) is 12.8 Å². The van der Waals surface area contributed by atoms with E-state index in [0.717, 1.165) is 31.6 Å². The average molecular weight is 216 g/mol. The number of nitrogens with zero attached hydrogens (tertiary/aromatic N) is 1. The summed E-state index contributed by atoms with van der Waals surface area (Å²) >= 11 is 0. The number of benzene rings is 1. The van der Waals surface area contributed by atoms with Gasteiger partial charge in [-0.25, -0.2) is 0 Å². The summed E-state index contributed by atoms with van der Waals surface area (Å²) in [5, 5.41) is 2.93. The van der Waals surface area contributed by atoms with Crippen LogP contribution in [0.4, 0.5) is 5.69 Å². The molecule has 1 aromatic rings. The molecule has 2 radical (unpaired) electrons. The fourth-order valence-corrected chi connectivity index (χ4v) is 1.93. The Hall–Kier alpha value is -1.35. The van der Waals surface area contributed by atoms with Crippen molar-refractivity contribution in [3.05, 3.63) is 37.4 Å². The summed E-state index contributed by atoms with van der Waals surface area (Å²) in [4.78, 5) is 13.7. The number of piperidine rings is 1. The van der Waals surface area contributed by atoms with Crippen LogP contribution in [0.25, 0.3) is 0 Å². The minimum absolute atomic E-state index is 0.0972. The molecular weight excluding hydrogens is 200 g/mol. The van der Waals surface area contributed by atoms with Crippen molar-refractivity contribution in [2.24, 2.45) is 5.92 Å². The lowest BCUT2D eigenvalue weighted by atomic mass is 9.96. The number of likely N-dealkylation sites (tertiary alicyclic amines) is 1. The maximum atomic E-state index is 11.9. The fourth-order valence-electron chi connectivity index (χ4n) is 1.93. The third kappa shape index (κ3) is 2.83. The molecule has 1 N–H and O–H groups in total. The minimum atomic E-state index is 0.0972. The van der Waals surface area contributed by atoms with E-state index in [1.165, 1.54) is 0 Å². The first kappa shape index (κ1) is 11.1. The molecule has 0 spiro atoms. The molecule has 1 aromatic carbocycles. The van der Waals surface area contributed by atoms with E-state index in [4.69, 9.17) is 7.05 Å². The van der Waals surface area contributed by atoms with E-state index in [-0.39, 0.29) is 11.8 Å². The van der Waals surface area contributed by atoms with Crippen LogP contribution < -0.4 is 5.32 Å². The predicted octanol–water partition coefficient (Wildman–Crippen LogP) is 2.01. The van der Waals surface area contributed by atoms with Gasteiger partial charge in [-0.05, 0) is 38.1 Å². The molecule has 1 heterocycles. The maximum Gasteiger partial charge on any atom is 0.227 e. The van der Waals surface area contributed by atoms with E-state index in [1.807, 2.05) is 30.3 Å². The molecule has 0 atom stereocenters. The molecule has 0 saturated carbocycles. The van der Waals surface area contributed by atoms with Crippen LogP contribution in [0.15, 0.2) is 30.3 Å². The Labute approximate surface area is 96.5 Å². The van der Waals surface area contributed by atoms with Gasteiger partial charge in [-0.2, -0.15) is 0 Å². The second-order valence-corrected chi connectivity index (χ2v) is 4.17. The van der Waals surface area contributed by atoms with Gasteiger partial charge in [0.2, 0.25) is 5.91 Å². The molecule has 1 aliphatic rings. The molecule has 1 fully saturated rings. The van der Waals surface area contributed by atoms with Crippen molar-refractivity contribution in [1.82, 2.24) is 4.90 Å². The number of para-hydroxylation sites is 1. The molecule has 1 aliphatic heterocycles. The van der Waals surface area contributed by atoms with Gasteiger partial charge < -0.3 is 5.32 Å². The quantitative estimate of drug-likeness (QED) is 0.820. The number of carbonyl (C=O) groups excluding carboxylic acids is 1. The second-order valence-electron chi connectivity index (χ2n) is 4.17. The Balaban J connectivity index is 1.89. The summed E-state index contributed by atoms with van der Waals surface area (Å²) in [5.41, 5.74) is 0.864. The van der Waals surface area contributed by atoms with Gasteiger partial charge in [0.15, 0.2) is 0 Å². The molecule has 3 nitrogen and oxygen atoms in total. The second kappa shape index (κ2) is 5.12. The zero-order valence-corrected chi connectivity index (χ0v) is 9.23. The SMILES string of the molecule is [CH]N1CCC(C(=O)Nc2ccccc2)CC1. The molecule has 0 unspecified atom stereocenters. The number of carbonyl (C=O) groups is 1. The Morgan fingerprint density at radius 1 is 1.25 bits per heavy atom. The Bertz CT molecular complexity index is 342. The Morgan fingerprint density at radius 2 is 1.88 bits per heavy atom. The summed E-state index contributed by atoms with van der Waals surface area (Å²) in [5.74, 6) is 0.208. The fraction of sp³-hybridized carbons (Fsp3) is 0.385. The van der Waals surface area contributed by atoms with E-state index in [0.29, 0.717) is 0 Å². The van der Waals surface area contributed by atoms with Crippen molar-refractivity contribution < 1.29 is 4.79 Å². The lowest BCUT2D eigenvalue weighted by Crippen LogP contribution is -2.34. The monoisotopic (exact) mass is 216 g/mol. The molecule has 0 bridgehead atoms. The van der Waals surface area contributed by atoms with Gasteiger partial charge in [0.05, 0.1) is 0 Å². The highest BCUT2D eigenvalue weighted by atomic mass is 16.1. The van der Waals surface area contributed by atoms with E-state index in [9.17, 15) is 4.79 Å². The van der Waals surface area contributed by atoms with Crippen LogP contribution in [-0.4, -0.2) is 23.9 Å². The molecule has 1 amide bonds. The van der Waals surface area contributed by atoms with E-state index in [1.54, 1.807) is 4.90 Å². The topological polar surface area (TPSA) is 32.3 Å². The summed E-state index contributed by atoms with van der Waals surface area (Å²) in [6.07, 6.45) is 1.68. The van der Waals surface area contributed by atoms with Crippen molar-refractivity contribution in [3.8, 4) is 0 Å². The highest BCUT2D eigenvalue weighted by molar-refractivity contribution is 5.92. The third-order valence-electron chi connectivity index (χ3n) is 2.94. The Morgan fingerprint density at radius 3 is 2.50 bits per heavy atom. The van der Waals surface area contributed by atoms with Crippen molar-refractivity contribution in [3.63, 3.8) is 0 Å². The van der Waals surface area contributed by atoms with Crippen molar-refractivity contribution in [1.29, 1.82) is 0 Å². The molecule has 16 heavy (non-hydrogen) atoms. The van der Waals surface area contributed by atoms with Gasteiger partial charge in [-0.15, -0.1) is 0 Å². The summed E-state index contributed by atoms with van der Waals surface area (Å²) < 4.78 is 0.